The van der Waals surface area contributed by atoms with Crippen molar-refractivity contribution in [1.29, 1.82) is 0 Å². The number of rotatable bonds is 4. The number of benzene rings is 1. The Kier molecular flexibility index (Phi) is 3.61. The molecule has 12 heavy (non-hydrogen) atoms. The number of nitrogens with two attached hydrogens (primary N) is 1. The van der Waals surface area contributed by atoms with Crippen molar-refractivity contribution in [2.45, 2.75) is 13.3 Å². The maximum absolute atomic E-state index is 5.62. The van der Waals surface area contributed by atoms with Gasteiger partial charge in [-0.05, 0) is 31.0 Å². The van der Waals surface area contributed by atoms with Gasteiger partial charge in [-0.25, -0.2) is 0 Å². The van der Waals surface area contributed by atoms with Crippen LogP contribution in [-0.2, 0) is 11.2 Å². The maximum Gasteiger partial charge on any atom is 0.0506 e. The van der Waals surface area contributed by atoms with Gasteiger partial charge in [-0.1, -0.05) is 12.1 Å². The second kappa shape index (κ2) is 4.78. The molecule has 0 aliphatic carbocycles. The molecule has 0 aliphatic heterocycles. The van der Waals surface area contributed by atoms with Crippen LogP contribution < -0.4 is 5.73 Å². The second-order valence-electron chi connectivity index (χ2n) is 2.69. The standard InChI is InChI=1S/C10H15NO/c1-2-12-7-6-9-4-3-5-10(11)8-9/h3-5,8H,2,6-7,11H2,1H3. The molecule has 0 saturated carbocycles. The average Bonchev–Trinajstić information content (AvgIpc) is 2.05. The van der Waals surface area contributed by atoms with Crippen LogP contribution in [0, 0.1) is 0 Å². The van der Waals surface area contributed by atoms with Crippen molar-refractivity contribution in [2.24, 2.45) is 0 Å². The van der Waals surface area contributed by atoms with Gasteiger partial charge in [-0.15, -0.1) is 0 Å². The van der Waals surface area contributed by atoms with Gasteiger partial charge in [-0.3, -0.25) is 0 Å². The zero-order valence-corrected chi connectivity index (χ0v) is 7.42. The molecule has 0 amide bonds. The first kappa shape index (κ1) is 9.07. The molecule has 1 aromatic carbocycles. The van der Waals surface area contributed by atoms with Crippen LogP contribution >= 0.6 is 0 Å². The van der Waals surface area contributed by atoms with Crippen molar-refractivity contribution < 1.29 is 4.74 Å². The SMILES string of the molecule is CCOCCc1cccc(N)c1. The summed E-state index contributed by atoms with van der Waals surface area (Å²) in [7, 11) is 0. The molecule has 0 aromatic heterocycles. The van der Waals surface area contributed by atoms with E-state index in [4.69, 9.17) is 10.5 Å². The summed E-state index contributed by atoms with van der Waals surface area (Å²) in [5.41, 5.74) is 7.68. The largest absolute Gasteiger partial charge is 0.399 e. The van der Waals surface area contributed by atoms with Gasteiger partial charge >= 0.3 is 0 Å². The maximum atomic E-state index is 5.62. The van der Waals surface area contributed by atoms with Crippen LogP contribution in [0.5, 0.6) is 0 Å². The third kappa shape index (κ3) is 2.93. The van der Waals surface area contributed by atoms with Crippen LogP contribution in [0.3, 0.4) is 0 Å². The molecular formula is C10H15NO. The fourth-order valence-corrected chi connectivity index (χ4v) is 1.08. The number of ether oxygens (including phenoxy) is 1. The second-order valence-corrected chi connectivity index (χ2v) is 2.69. The van der Waals surface area contributed by atoms with Gasteiger partial charge in [0.25, 0.3) is 0 Å². The van der Waals surface area contributed by atoms with Crippen LogP contribution in [0.4, 0.5) is 5.69 Å². The quantitative estimate of drug-likeness (QED) is 0.546. The van der Waals surface area contributed by atoms with E-state index >= 15 is 0 Å². The summed E-state index contributed by atoms with van der Waals surface area (Å²) in [6.07, 6.45) is 0.943. The van der Waals surface area contributed by atoms with Gasteiger partial charge < -0.3 is 10.5 Å². The van der Waals surface area contributed by atoms with Crippen LogP contribution in [0.25, 0.3) is 0 Å². The Morgan fingerprint density at radius 2 is 2.25 bits per heavy atom. The highest BCUT2D eigenvalue weighted by Gasteiger charge is 1.92. The Morgan fingerprint density at radius 1 is 1.42 bits per heavy atom. The van der Waals surface area contributed by atoms with Gasteiger partial charge in [0.2, 0.25) is 0 Å². The van der Waals surface area contributed by atoms with E-state index in [1.165, 1.54) is 5.56 Å². The van der Waals surface area contributed by atoms with Crippen molar-refractivity contribution in [2.75, 3.05) is 18.9 Å². The third-order valence-electron chi connectivity index (χ3n) is 1.69. The molecule has 0 unspecified atom stereocenters. The first-order valence-electron chi connectivity index (χ1n) is 4.25. The number of hydrogen-bond acceptors (Lipinski definition) is 2. The van der Waals surface area contributed by atoms with Crippen molar-refractivity contribution in [3.05, 3.63) is 29.8 Å². The number of anilines is 1. The molecule has 0 bridgehead atoms. The van der Waals surface area contributed by atoms with Gasteiger partial charge in [-0.2, -0.15) is 0 Å². The monoisotopic (exact) mass is 165 g/mol. The normalized spacial score (nSPS) is 10.1. The molecule has 0 atom stereocenters. The molecule has 1 rings (SSSR count). The van der Waals surface area contributed by atoms with Crippen molar-refractivity contribution >= 4 is 5.69 Å². The third-order valence-corrected chi connectivity index (χ3v) is 1.69. The molecule has 0 heterocycles. The Labute approximate surface area is 73.3 Å². The summed E-state index contributed by atoms with van der Waals surface area (Å²) in [5, 5.41) is 0. The highest BCUT2D eigenvalue weighted by Crippen LogP contribution is 2.06. The lowest BCUT2D eigenvalue weighted by Gasteiger charge is -2.02. The van der Waals surface area contributed by atoms with Gasteiger partial charge in [0.15, 0.2) is 0 Å². The molecule has 0 radical (unpaired) electrons. The summed E-state index contributed by atoms with van der Waals surface area (Å²) < 4.78 is 5.24. The van der Waals surface area contributed by atoms with Crippen molar-refractivity contribution in [3.8, 4) is 0 Å². The lowest BCUT2D eigenvalue weighted by atomic mass is 10.1. The van der Waals surface area contributed by atoms with E-state index in [9.17, 15) is 0 Å². The Morgan fingerprint density at radius 3 is 2.92 bits per heavy atom. The van der Waals surface area contributed by atoms with Gasteiger partial charge in [0, 0.05) is 12.3 Å². The molecule has 2 N–H and O–H groups in total. The summed E-state index contributed by atoms with van der Waals surface area (Å²) in [6, 6.07) is 7.91. The minimum absolute atomic E-state index is 0.778. The minimum atomic E-state index is 0.778. The fourth-order valence-electron chi connectivity index (χ4n) is 1.08. The molecule has 66 valence electrons. The Balaban J connectivity index is 2.41. The van der Waals surface area contributed by atoms with Crippen molar-refractivity contribution in [3.63, 3.8) is 0 Å². The first-order chi connectivity index (χ1) is 5.83. The minimum Gasteiger partial charge on any atom is -0.399 e. The first-order valence-corrected chi connectivity index (χ1v) is 4.25. The van der Waals surface area contributed by atoms with E-state index in [-0.39, 0.29) is 0 Å². The van der Waals surface area contributed by atoms with E-state index in [1.54, 1.807) is 0 Å². The van der Waals surface area contributed by atoms with E-state index in [0.717, 1.165) is 25.3 Å². The van der Waals surface area contributed by atoms with Crippen molar-refractivity contribution in [1.82, 2.24) is 0 Å². The Bertz CT molecular complexity index is 235. The lowest BCUT2D eigenvalue weighted by Crippen LogP contribution is -1.98. The van der Waals surface area contributed by atoms with Crippen LogP contribution in [0.2, 0.25) is 0 Å². The zero-order chi connectivity index (χ0) is 8.81. The van der Waals surface area contributed by atoms with E-state index < -0.39 is 0 Å². The number of nitrogen functional groups attached to an aromatic ring is 1. The number of hydrogen-bond donors (Lipinski definition) is 1. The van der Waals surface area contributed by atoms with E-state index in [1.807, 2.05) is 25.1 Å². The topological polar surface area (TPSA) is 35.2 Å². The smallest absolute Gasteiger partial charge is 0.0506 e. The zero-order valence-electron chi connectivity index (χ0n) is 7.42. The molecular weight excluding hydrogens is 150 g/mol. The molecule has 0 saturated heterocycles. The molecule has 1 aromatic rings. The highest BCUT2D eigenvalue weighted by atomic mass is 16.5. The van der Waals surface area contributed by atoms with E-state index in [0.29, 0.717) is 0 Å². The molecule has 2 nitrogen and oxygen atoms in total. The molecule has 0 aliphatic rings. The fraction of sp³-hybridized carbons (Fsp3) is 0.400. The predicted octanol–water partition coefficient (Wildman–Crippen LogP) is 1.85. The summed E-state index contributed by atoms with van der Waals surface area (Å²) >= 11 is 0. The molecule has 2 heteroatoms. The van der Waals surface area contributed by atoms with Crippen LogP contribution in [0.1, 0.15) is 12.5 Å². The molecule has 0 fully saturated rings. The highest BCUT2D eigenvalue weighted by molar-refractivity contribution is 5.40. The van der Waals surface area contributed by atoms with Gasteiger partial charge in [0.05, 0.1) is 6.61 Å². The van der Waals surface area contributed by atoms with E-state index in [2.05, 4.69) is 6.07 Å². The van der Waals surface area contributed by atoms with Crippen LogP contribution in [-0.4, -0.2) is 13.2 Å². The summed E-state index contributed by atoms with van der Waals surface area (Å²) in [4.78, 5) is 0. The Hall–Kier alpha value is -1.02. The summed E-state index contributed by atoms with van der Waals surface area (Å²) in [5.74, 6) is 0. The predicted molar refractivity (Wildman–Crippen MR) is 51.1 cm³/mol. The lowest BCUT2D eigenvalue weighted by molar-refractivity contribution is 0.151. The van der Waals surface area contributed by atoms with Crippen LogP contribution in [0.15, 0.2) is 24.3 Å². The van der Waals surface area contributed by atoms with Gasteiger partial charge in [0.1, 0.15) is 0 Å². The molecule has 0 spiro atoms. The summed E-state index contributed by atoms with van der Waals surface area (Å²) in [6.45, 7) is 3.56. The average molecular weight is 165 g/mol.